The Balaban J connectivity index is 1.82. The Morgan fingerprint density at radius 2 is 2.19 bits per heavy atom. The molecule has 0 amide bonds. The van der Waals surface area contributed by atoms with E-state index in [4.69, 9.17) is 4.74 Å². The topological polar surface area (TPSA) is 59.4 Å². The number of benzene rings is 1. The highest BCUT2D eigenvalue weighted by molar-refractivity contribution is 7.22. The Hall–Kier alpha value is -2.47. The summed E-state index contributed by atoms with van der Waals surface area (Å²) < 4.78 is 6.27. The van der Waals surface area contributed by atoms with E-state index in [1.165, 1.54) is 11.3 Å². The molecule has 6 heteroatoms. The molecule has 0 aliphatic rings. The zero-order chi connectivity index (χ0) is 14.7. The molecular formula is C15H14N4OS. The number of rotatable bonds is 4. The third-order valence-corrected chi connectivity index (χ3v) is 3.87. The zero-order valence-corrected chi connectivity index (χ0v) is 12.5. The van der Waals surface area contributed by atoms with E-state index < -0.39 is 0 Å². The van der Waals surface area contributed by atoms with Crippen molar-refractivity contribution in [2.24, 2.45) is 5.10 Å². The molecule has 0 radical (unpaired) electrons. The van der Waals surface area contributed by atoms with Crippen molar-refractivity contribution in [2.75, 3.05) is 12.5 Å². The van der Waals surface area contributed by atoms with Crippen LogP contribution in [-0.4, -0.2) is 22.8 Å². The molecule has 0 bridgehead atoms. The maximum absolute atomic E-state index is 5.21. The first-order chi connectivity index (χ1) is 10.3. The molecule has 21 heavy (non-hydrogen) atoms. The number of methoxy groups -OCH3 is 1. The summed E-state index contributed by atoms with van der Waals surface area (Å²) in [6.45, 7) is 1.91. The van der Waals surface area contributed by atoms with Crippen LogP contribution in [0.15, 0.2) is 47.7 Å². The molecular weight excluding hydrogens is 284 g/mol. The lowest BCUT2D eigenvalue weighted by atomic mass is 10.3. The quantitative estimate of drug-likeness (QED) is 0.591. The van der Waals surface area contributed by atoms with E-state index in [2.05, 4.69) is 20.5 Å². The second kappa shape index (κ2) is 5.88. The first-order valence-electron chi connectivity index (χ1n) is 6.42. The van der Waals surface area contributed by atoms with Gasteiger partial charge in [-0.2, -0.15) is 5.10 Å². The highest BCUT2D eigenvalue weighted by Crippen LogP contribution is 2.29. The predicted octanol–water partition coefficient (Wildman–Crippen LogP) is 3.54. The molecule has 1 N–H and O–H groups in total. The maximum Gasteiger partial charge on any atom is 0.204 e. The van der Waals surface area contributed by atoms with Gasteiger partial charge in [0, 0.05) is 6.20 Å². The minimum atomic E-state index is 0.744. The van der Waals surface area contributed by atoms with Gasteiger partial charge in [0.1, 0.15) is 5.75 Å². The lowest BCUT2D eigenvalue weighted by molar-refractivity contribution is 0.415. The van der Waals surface area contributed by atoms with Crippen molar-refractivity contribution >= 4 is 32.4 Å². The number of aromatic nitrogens is 2. The lowest BCUT2D eigenvalue weighted by Gasteiger charge is -1.99. The van der Waals surface area contributed by atoms with Crippen LogP contribution in [0.4, 0.5) is 5.13 Å². The highest BCUT2D eigenvalue weighted by Gasteiger charge is 2.05. The molecule has 0 fully saturated rings. The minimum Gasteiger partial charge on any atom is -0.497 e. The minimum absolute atomic E-state index is 0.744. The Bertz CT molecular complexity index is 783. The number of ether oxygens (including phenoxy) is 1. The van der Waals surface area contributed by atoms with Crippen molar-refractivity contribution in [3.63, 3.8) is 0 Å². The second-order valence-corrected chi connectivity index (χ2v) is 5.41. The van der Waals surface area contributed by atoms with Crippen LogP contribution >= 0.6 is 11.3 Å². The molecule has 5 nitrogen and oxygen atoms in total. The molecule has 0 unspecified atom stereocenters. The van der Waals surface area contributed by atoms with Crippen molar-refractivity contribution in [2.45, 2.75) is 6.92 Å². The summed E-state index contributed by atoms with van der Waals surface area (Å²) in [5.74, 6) is 0.825. The fourth-order valence-corrected chi connectivity index (χ4v) is 2.68. The largest absolute Gasteiger partial charge is 0.497 e. The summed E-state index contributed by atoms with van der Waals surface area (Å²) in [4.78, 5) is 8.73. The smallest absolute Gasteiger partial charge is 0.204 e. The first-order valence-corrected chi connectivity index (χ1v) is 7.24. The summed E-state index contributed by atoms with van der Waals surface area (Å²) in [6, 6.07) is 11.5. The van der Waals surface area contributed by atoms with Gasteiger partial charge in [0.2, 0.25) is 5.13 Å². The van der Waals surface area contributed by atoms with Crippen molar-refractivity contribution in [3.05, 3.63) is 48.3 Å². The van der Waals surface area contributed by atoms with Crippen LogP contribution in [0.2, 0.25) is 0 Å². The third kappa shape index (κ3) is 3.00. The molecule has 0 saturated heterocycles. The van der Waals surface area contributed by atoms with Crippen molar-refractivity contribution in [3.8, 4) is 5.75 Å². The van der Waals surface area contributed by atoms with Crippen LogP contribution in [0, 0.1) is 0 Å². The third-order valence-electron chi connectivity index (χ3n) is 2.95. The van der Waals surface area contributed by atoms with Crippen molar-refractivity contribution in [1.82, 2.24) is 9.97 Å². The molecule has 0 spiro atoms. The fourth-order valence-electron chi connectivity index (χ4n) is 1.85. The monoisotopic (exact) mass is 298 g/mol. The van der Waals surface area contributed by atoms with Crippen LogP contribution in [0.3, 0.4) is 0 Å². The van der Waals surface area contributed by atoms with Gasteiger partial charge in [-0.05, 0) is 37.3 Å². The summed E-state index contributed by atoms with van der Waals surface area (Å²) >= 11 is 1.53. The molecule has 1 aromatic carbocycles. The SMILES string of the molecule is COc1ccc2nc(N/N=C(\C)c3ccccn3)sc2c1. The summed E-state index contributed by atoms with van der Waals surface area (Å²) in [6.07, 6.45) is 1.75. The average molecular weight is 298 g/mol. The van der Waals surface area contributed by atoms with Crippen molar-refractivity contribution in [1.29, 1.82) is 0 Å². The van der Waals surface area contributed by atoms with Gasteiger partial charge in [0.25, 0.3) is 0 Å². The highest BCUT2D eigenvalue weighted by atomic mass is 32.1. The Morgan fingerprint density at radius 3 is 2.95 bits per heavy atom. The first kappa shape index (κ1) is 13.5. The number of hydrazone groups is 1. The number of hydrogen-bond donors (Lipinski definition) is 1. The molecule has 106 valence electrons. The fraction of sp³-hybridized carbons (Fsp3) is 0.133. The Morgan fingerprint density at radius 1 is 1.29 bits per heavy atom. The van der Waals surface area contributed by atoms with Gasteiger partial charge in [0.05, 0.1) is 28.7 Å². The van der Waals surface area contributed by atoms with Crippen LogP contribution < -0.4 is 10.2 Å². The number of hydrogen-bond acceptors (Lipinski definition) is 6. The van der Waals surface area contributed by atoms with Gasteiger partial charge >= 0.3 is 0 Å². The number of pyridine rings is 1. The number of fused-ring (bicyclic) bond motifs is 1. The number of thiazole rings is 1. The summed E-state index contributed by atoms with van der Waals surface area (Å²) in [5.41, 5.74) is 5.56. The molecule has 2 heterocycles. The summed E-state index contributed by atoms with van der Waals surface area (Å²) in [5, 5.41) is 5.07. The van der Waals surface area contributed by atoms with Crippen LogP contribution in [0.1, 0.15) is 12.6 Å². The average Bonchev–Trinajstić information content (AvgIpc) is 2.95. The predicted molar refractivity (Wildman–Crippen MR) is 86.2 cm³/mol. The van der Waals surface area contributed by atoms with Gasteiger partial charge in [-0.1, -0.05) is 17.4 Å². The lowest BCUT2D eigenvalue weighted by Crippen LogP contribution is -2.01. The van der Waals surface area contributed by atoms with E-state index in [9.17, 15) is 0 Å². The van der Waals surface area contributed by atoms with Crippen LogP contribution in [-0.2, 0) is 0 Å². The molecule has 2 aromatic heterocycles. The van der Waals surface area contributed by atoms with Crippen LogP contribution in [0.25, 0.3) is 10.2 Å². The standard InChI is InChI=1S/C15H14N4OS/c1-10(12-5-3-4-8-16-12)18-19-15-17-13-7-6-11(20-2)9-14(13)21-15/h3-9H,1-2H3,(H,17,19)/b18-10+. The van der Waals surface area contributed by atoms with Crippen LogP contribution in [0.5, 0.6) is 5.75 Å². The van der Waals surface area contributed by atoms with E-state index in [1.54, 1.807) is 13.3 Å². The summed E-state index contributed by atoms with van der Waals surface area (Å²) in [7, 11) is 1.65. The Labute approximate surface area is 126 Å². The maximum atomic E-state index is 5.21. The molecule has 0 atom stereocenters. The van der Waals surface area contributed by atoms with Gasteiger partial charge in [-0.25, -0.2) is 4.98 Å². The molecule has 0 aliphatic carbocycles. The van der Waals surface area contributed by atoms with Crippen molar-refractivity contribution < 1.29 is 4.74 Å². The molecule has 0 saturated carbocycles. The van der Waals surface area contributed by atoms with E-state index >= 15 is 0 Å². The van der Waals surface area contributed by atoms with Gasteiger partial charge in [0.15, 0.2) is 0 Å². The number of nitrogens with zero attached hydrogens (tertiary/aromatic N) is 3. The number of nitrogens with one attached hydrogen (secondary N) is 1. The van der Waals surface area contributed by atoms with E-state index in [-0.39, 0.29) is 0 Å². The van der Waals surface area contributed by atoms with E-state index in [1.807, 2.05) is 43.3 Å². The Kier molecular flexibility index (Phi) is 3.79. The van der Waals surface area contributed by atoms with E-state index in [0.29, 0.717) is 0 Å². The normalized spacial score (nSPS) is 11.6. The number of anilines is 1. The van der Waals surface area contributed by atoms with Gasteiger partial charge < -0.3 is 4.74 Å². The molecule has 0 aliphatic heterocycles. The molecule has 3 aromatic rings. The zero-order valence-electron chi connectivity index (χ0n) is 11.7. The van der Waals surface area contributed by atoms with E-state index in [0.717, 1.165) is 32.5 Å². The second-order valence-electron chi connectivity index (χ2n) is 4.38. The van der Waals surface area contributed by atoms with Gasteiger partial charge in [-0.15, -0.1) is 0 Å². The van der Waals surface area contributed by atoms with Gasteiger partial charge in [-0.3, -0.25) is 10.4 Å². The molecule has 3 rings (SSSR count).